The molecule has 7 heteroatoms. The lowest BCUT2D eigenvalue weighted by Gasteiger charge is -2.09. The number of carbonyl (C=O) groups excluding carboxylic acids is 3. The van der Waals surface area contributed by atoms with Crippen molar-refractivity contribution < 1.29 is 19.1 Å². The number of amides is 1. The molecule has 0 fully saturated rings. The van der Waals surface area contributed by atoms with Crippen LogP contribution in [0, 0.1) is 6.92 Å². The summed E-state index contributed by atoms with van der Waals surface area (Å²) in [6.45, 7) is 3.47. The van der Waals surface area contributed by atoms with Gasteiger partial charge in [0.15, 0.2) is 12.4 Å². The predicted octanol–water partition coefficient (Wildman–Crippen LogP) is 4.31. The summed E-state index contributed by atoms with van der Waals surface area (Å²) in [5, 5.41) is 4.02. The first-order valence-corrected chi connectivity index (χ1v) is 10.3. The molecule has 0 bridgehead atoms. The molecule has 0 saturated heterocycles. The first-order valence-electron chi connectivity index (χ1n) is 9.94. The zero-order valence-corrected chi connectivity index (χ0v) is 18.2. The van der Waals surface area contributed by atoms with Crippen molar-refractivity contribution in [1.29, 1.82) is 0 Å². The molecule has 0 spiro atoms. The van der Waals surface area contributed by atoms with Crippen LogP contribution >= 0.6 is 11.6 Å². The smallest absolute Gasteiger partial charge is 0.340 e. The minimum Gasteiger partial charge on any atom is -0.454 e. The van der Waals surface area contributed by atoms with Crippen molar-refractivity contribution in [2.24, 2.45) is 0 Å². The van der Waals surface area contributed by atoms with E-state index in [2.05, 4.69) is 10.3 Å². The number of Topliss-reactive ketones (excluding diaryl/α,β-unsaturated/α-hetero) is 1. The number of pyridine rings is 1. The number of nitrogens with one attached hydrogen (secondary N) is 1. The maximum absolute atomic E-state index is 12.5. The van der Waals surface area contributed by atoms with Crippen molar-refractivity contribution >= 4 is 40.2 Å². The Hall–Kier alpha value is -3.25. The number of esters is 1. The van der Waals surface area contributed by atoms with Crippen LogP contribution in [0.1, 0.15) is 45.3 Å². The Morgan fingerprint density at radius 1 is 1.06 bits per heavy atom. The van der Waals surface area contributed by atoms with Crippen LogP contribution in [0.2, 0.25) is 5.02 Å². The highest BCUT2D eigenvalue weighted by atomic mass is 35.5. The summed E-state index contributed by atoms with van der Waals surface area (Å²) >= 11 is 6.01. The number of carbonyl (C=O) groups is 3. The van der Waals surface area contributed by atoms with Crippen LogP contribution in [-0.4, -0.2) is 35.8 Å². The van der Waals surface area contributed by atoms with Crippen LogP contribution in [-0.2, 0) is 16.0 Å². The van der Waals surface area contributed by atoms with Crippen molar-refractivity contribution in [3.05, 3.63) is 75.9 Å². The number of hydrogen-bond acceptors (Lipinski definition) is 5. The number of aryl methyl sites for hydroxylation is 2. The van der Waals surface area contributed by atoms with Crippen molar-refractivity contribution in [2.75, 3.05) is 13.2 Å². The van der Waals surface area contributed by atoms with Crippen LogP contribution in [0.5, 0.6) is 0 Å². The van der Waals surface area contributed by atoms with Gasteiger partial charge in [-0.05, 0) is 49.6 Å². The Balaban J connectivity index is 1.57. The fourth-order valence-electron chi connectivity index (χ4n) is 3.16. The number of ether oxygens (including phenoxy) is 1. The lowest BCUT2D eigenvalue weighted by atomic mass is 10.1. The minimum atomic E-state index is -0.602. The van der Waals surface area contributed by atoms with Crippen molar-refractivity contribution in [3.8, 4) is 0 Å². The molecule has 1 N–H and O–H groups in total. The van der Waals surface area contributed by atoms with Crippen LogP contribution in [0.25, 0.3) is 10.9 Å². The van der Waals surface area contributed by atoms with E-state index in [9.17, 15) is 14.4 Å². The summed E-state index contributed by atoms with van der Waals surface area (Å²) in [4.78, 5) is 40.2. The molecule has 0 aliphatic carbocycles. The van der Waals surface area contributed by atoms with Crippen molar-refractivity contribution in [3.63, 3.8) is 0 Å². The minimum absolute atomic E-state index is 0.0473. The SMILES string of the molecule is CC(=O)NCCCc1ccc(C(=O)COC(=O)c2cc3cc(Cl)ccc3nc2C)cc1. The Morgan fingerprint density at radius 3 is 2.52 bits per heavy atom. The van der Waals surface area contributed by atoms with Crippen LogP contribution in [0.4, 0.5) is 0 Å². The molecule has 3 rings (SSSR count). The summed E-state index contributed by atoms with van der Waals surface area (Å²) in [5.74, 6) is -0.934. The van der Waals surface area contributed by atoms with E-state index in [0.29, 0.717) is 28.4 Å². The van der Waals surface area contributed by atoms with Gasteiger partial charge >= 0.3 is 5.97 Å². The predicted molar refractivity (Wildman–Crippen MR) is 120 cm³/mol. The molecule has 2 aromatic carbocycles. The molecule has 0 atom stereocenters. The zero-order chi connectivity index (χ0) is 22.4. The largest absolute Gasteiger partial charge is 0.454 e. The molecule has 0 saturated carbocycles. The topological polar surface area (TPSA) is 85.4 Å². The molecule has 1 amide bonds. The van der Waals surface area contributed by atoms with E-state index >= 15 is 0 Å². The van der Waals surface area contributed by atoms with E-state index in [1.165, 1.54) is 6.92 Å². The molecular weight excluding hydrogens is 416 g/mol. The molecular formula is C24H23ClN2O4. The van der Waals surface area contributed by atoms with Gasteiger partial charge in [-0.3, -0.25) is 14.6 Å². The van der Waals surface area contributed by atoms with Gasteiger partial charge in [0.2, 0.25) is 5.91 Å². The number of hydrogen-bond donors (Lipinski definition) is 1. The monoisotopic (exact) mass is 438 g/mol. The average Bonchev–Trinajstić information content (AvgIpc) is 2.75. The first kappa shape index (κ1) is 22.4. The third-order valence-corrected chi connectivity index (χ3v) is 5.05. The number of fused-ring (bicyclic) bond motifs is 1. The molecule has 0 aliphatic rings. The van der Waals surface area contributed by atoms with E-state index in [-0.39, 0.29) is 18.3 Å². The number of halogens is 1. The molecule has 0 radical (unpaired) electrons. The first-order chi connectivity index (χ1) is 14.8. The second kappa shape index (κ2) is 10.2. The zero-order valence-electron chi connectivity index (χ0n) is 17.4. The molecule has 0 aliphatic heterocycles. The molecule has 6 nitrogen and oxygen atoms in total. The van der Waals surface area contributed by atoms with E-state index in [1.54, 1.807) is 43.3 Å². The van der Waals surface area contributed by atoms with E-state index in [4.69, 9.17) is 16.3 Å². The highest BCUT2D eigenvalue weighted by molar-refractivity contribution is 6.31. The van der Waals surface area contributed by atoms with Gasteiger partial charge in [0.1, 0.15) is 0 Å². The molecule has 31 heavy (non-hydrogen) atoms. The number of ketones is 1. The van der Waals surface area contributed by atoms with Crippen molar-refractivity contribution in [2.45, 2.75) is 26.7 Å². The summed E-state index contributed by atoms with van der Waals surface area (Å²) in [7, 11) is 0. The standard InChI is InChI=1S/C24H23ClN2O4/c1-15-21(13-19-12-20(25)9-10-22(19)27-15)24(30)31-14-23(29)18-7-5-17(6-8-18)4-3-11-26-16(2)28/h5-10,12-13H,3-4,11,14H2,1-2H3,(H,26,28). The van der Waals surface area contributed by atoms with Gasteiger partial charge < -0.3 is 10.1 Å². The van der Waals surface area contributed by atoms with Gasteiger partial charge in [-0.2, -0.15) is 0 Å². The number of rotatable bonds is 8. The number of benzene rings is 2. The average molecular weight is 439 g/mol. The highest BCUT2D eigenvalue weighted by Gasteiger charge is 2.16. The normalized spacial score (nSPS) is 10.7. The second-order valence-corrected chi connectivity index (χ2v) is 7.68. The fourth-order valence-corrected chi connectivity index (χ4v) is 3.34. The molecule has 160 valence electrons. The maximum Gasteiger partial charge on any atom is 0.340 e. The van der Waals surface area contributed by atoms with Gasteiger partial charge in [0.05, 0.1) is 16.8 Å². The second-order valence-electron chi connectivity index (χ2n) is 7.24. The fraction of sp³-hybridized carbons (Fsp3) is 0.250. The Labute approximate surface area is 185 Å². The van der Waals surface area contributed by atoms with E-state index in [0.717, 1.165) is 29.3 Å². The lowest BCUT2D eigenvalue weighted by molar-refractivity contribution is -0.118. The molecule has 3 aromatic rings. The third-order valence-electron chi connectivity index (χ3n) is 4.81. The Kier molecular flexibility index (Phi) is 7.36. The Morgan fingerprint density at radius 2 is 1.81 bits per heavy atom. The maximum atomic E-state index is 12.5. The summed E-state index contributed by atoms with van der Waals surface area (Å²) in [5.41, 5.74) is 3.09. The van der Waals surface area contributed by atoms with Crippen LogP contribution in [0.15, 0.2) is 48.5 Å². The lowest BCUT2D eigenvalue weighted by Crippen LogP contribution is -2.21. The van der Waals surface area contributed by atoms with Gasteiger partial charge in [-0.1, -0.05) is 35.9 Å². The molecule has 0 unspecified atom stereocenters. The quantitative estimate of drug-likeness (QED) is 0.322. The van der Waals surface area contributed by atoms with Gasteiger partial charge in [-0.15, -0.1) is 0 Å². The number of aromatic nitrogens is 1. The van der Waals surface area contributed by atoms with Gasteiger partial charge in [0.25, 0.3) is 0 Å². The number of nitrogens with zero attached hydrogens (tertiary/aromatic N) is 1. The van der Waals surface area contributed by atoms with Crippen LogP contribution in [0.3, 0.4) is 0 Å². The van der Waals surface area contributed by atoms with Crippen LogP contribution < -0.4 is 5.32 Å². The van der Waals surface area contributed by atoms with E-state index in [1.807, 2.05) is 12.1 Å². The Bertz CT molecular complexity index is 1130. The van der Waals surface area contributed by atoms with Gasteiger partial charge in [-0.25, -0.2) is 4.79 Å². The summed E-state index contributed by atoms with van der Waals surface area (Å²) in [6.07, 6.45) is 1.61. The molecule has 1 aromatic heterocycles. The summed E-state index contributed by atoms with van der Waals surface area (Å²) in [6, 6.07) is 14.1. The summed E-state index contributed by atoms with van der Waals surface area (Å²) < 4.78 is 5.23. The van der Waals surface area contributed by atoms with Gasteiger partial charge in [0, 0.05) is 29.4 Å². The third kappa shape index (κ3) is 6.12. The van der Waals surface area contributed by atoms with Crippen molar-refractivity contribution in [1.82, 2.24) is 10.3 Å². The molecule has 1 heterocycles. The highest BCUT2D eigenvalue weighted by Crippen LogP contribution is 2.21. The van der Waals surface area contributed by atoms with E-state index < -0.39 is 5.97 Å².